The maximum absolute atomic E-state index is 2.52. The number of fused-ring (bicyclic) bond motifs is 12. The summed E-state index contributed by atoms with van der Waals surface area (Å²) in [4.78, 5) is 0. The Balaban J connectivity index is 1.05. The summed E-state index contributed by atoms with van der Waals surface area (Å²) in [5.41, 5.74) is 11.0. The first-order chi connectivity index (χ1) is 32.2. The van der Waals surface area contributed by atoms with Crippen LogP contribution in [0, 0.1) is 0 Å². The van der Waals surface area contributed by atoms with Crippen LogP contribution < -0.4 is 0 Å². The standard InChI is InChI=1S/C64H39N/c1-2-16-42(17-3-1)61-54-22-10-11-23-55(54)62(56-33-30-47(39-57(56)61)45-28-29-46-36-43-18-4-5-19-44(43)37-48(46)38-45)53-26-12-25-52-51(53)24-13-27-58(52)65-59-34-31-40-14-6-8-20-49(40)63(59)64-50-21-9-7-15-41(50)32-35-60(64)65/h1-39H. The molecule has 0 aliphatic rings. The first-order valence-electron chi connectivity index (χ1n) is 22.6. The van der Waals surface area contributed by atoms with Crippen molar-refractivity contribution in [2.24, 2.45) is 0 Å². The van der Waals surface area contributed by atoms with E-state index in [1.54, 1.807) is 0 Å². The maximum atomic E-state index is 2.52. The second kappa shape index (κ2) is 14.0. The average Bonchev–Trinajstić information content (AvgIpc) is 3.72. The highest BCUT2D eigenvalue weighted by Gasteiger charge is 2.22. The van der Waals surface area contributed by atoms with Gasteiger partial charge in [-0.15, -0.1) is 0 Å². The Hall–Kier alpha value is -8.52. The molecule has 0 fully saturated rings. The molecule has 0 unspecified atom stereocenters. The van der Waals surface area contributed by atoms with Crippen molar-refractivity contribution in [3.05, 3.63) is 237 Å². The van der Waals surface area contributed by atoms with Crippen molar-refractivity contribution in [2.75, 3.05) is 0 Å². The Labute approximate surface area is 375 Å². The molecule has 0 spiro atoms. The Kier molecular flexibility index (Phi) is 7.75. The number of benzene rings is 13. The van der Waals surface area contributed by atoms with E-state index < -0.39 is 0 Å². The number of nitrogens with zero attached hydrogens (tertiary/aromatic N) is 1. The predicted molar refractivity (Wildman–Crippen MR) is 280 cm³/mol. The molecule has 1 heterocycles. The van der Waals surface area contributed by atoms with E-state index in [-0.39, 0.29) is 0 Å². The van der Waals surface area contributed by atoms with Crippen LogP contribution in [0.25, 0.3) is 136 Å². The number of hydrogen-bond acceptors (Lipinski definition) is 0. The van der Waals surface area contributed by atoms with Crippen LogP contribution in [0.2, 0.25) is 0 Å². The number of hydrogen-bond donors (Lipinski definition) is 0. The van der Waals surface area contributed by atoms with Crippen LogP contribution >= 0.6 is 0 Å². The molecule has 1 aromatic heterocycles. The highest BCUT2D eigenvalue weighted by atomic mass is 15.0. The van der Waals surface area contributed by atoms with E-state index in [9.17, 15) is 0 Å². The van der Waals surface area contributed by atoms with Crippen molar-refractivity contribution in [3.8, 4) is 39.1 Å². The molecule has 13 aromatic carbocycles. The first kappa shape index (κ1) is 36.0. The van der Waals surface area contributed by atoms with E-state index in [1.165, 1.54) is 136 Å². The van der Waals surface area contributed by atoms with Gasteiger partial charge in [-0.2, -0.15) is 0 Å². The van der Waals surface area contributed by atoms with E-state index >= 15 is 0 Å². The number of aromatic nitrogens is 1. The monoisotopic (exact) mass is 821 g/mol. The quantitative estimate of drug-likeness (QED) is 0.156. The van der Waals surface area contributed by atoms with Crippen LogP contribution in [0.5, 0.6) is 0 Å². The molecule has 1 nitrogen and oxygen atoms in total. The highest BCUT2D eigenvalue weighted by Crippen LogP contribution is 2.48. The lowest BCUT2D eigenvalue weighted by atomic mass is 9.83. The van der Waals surface area contributed by atoms with E-state index in [1.807, 2.05) is 0 Å². The highest BCUT2D eigenvalue weighted by molar-refractivity contribution is 6.29. The molecule has 0 aliphatic heterocycles. The summed E-state index contributed by atoms with van der Waals surface area (Å²) in [6.07, 6.45) is 0. The third-order valence-electron chi connectivity index (χ3n) is 14.1. The Morgan fingerprint density at radius 3 is 1.43 bits per heavy atom. The van der Waals surface area contributed by atoms with Crippen molar-refractivity contribution >= 4 is 97.2 Å². The lowest BCUT2D eigenvalue weighted by Crippen LogP contribution is -1.97. The Morgan fingerprint density at radius 2 is 0.723 bits per heavy atom. The van der Waals surface area contributed by atoms with E-state index in [4.69, 9.17) is 0 Å². The zero-order valence-electron chi connectivity index (χ0n) is 35.5. The maximum Gasteiger partial charge on any atom is 0.0548 e. The molecule has 1 heteroatoms. The molecule has 65 heavy (non-hydrogen) atoms. The van der Waals surface area contributed by atoms with Crippen LogP contribution in [0.1, 0.15) is 0 Å². The lowest BCUT2D eigenvalue weighted by Gasteiger charge is -2.20. The second-order valence-corrected chi connectivity index (χ2v) is 17.6. The van der Waals surface area contributed by atoms with Gasteiger partial charge in [-0.25, -0.2) is 0 Å². The van der Waals surface area contributed by atoms with Crippen molar-refractivity contribution < 1.29 is 0 Å². The van der Waals surface area contributed by atoms with Crippen LogP contribution in [0.4, 0.5) is 0 Å². The topological polar surface area (TPSA) is 4.93 Å². The molecular formula is C64H39N. The van der Waals surface area contributed by atoms with Crippen molar-refractivity contribution in [3.63, 3.8) is 0 Å². The Bertz CT molecular complexity index is 4190. The van der Waals surface area contributed by atoms with Crippen LogP contribution in [0.3, 0.4) is 0 Å². The molecule has 14 aromatic rings. The summed E-state index contributed by atoms with van der Waals surface area (Å²) >= 11 is 0. The molecule has 300 valence electrons. The average molecular weight is 822 g/mol. The molecule has 0 N–H and O–H groups in total. The fourth-order valence-electron chi connectivity index (χ4n) is 11.2. The van der Waals surface area contributed by atoms with Gasteiger partial charge < -0.3 is 4.57 Å². The normalized spacial score (nSPS) is 12.0. The molecule has 14 rings (SSSR count). The van der Waals surface area contributed by atoms with E-state index in [0.29, 0.717) is 0 Å². The minimum absolute atomic E-state index is 1.18. The molecule has 0 bridgehead atoms. The van der Waals surface area contributed by atoms with Crippen LogP contribution in [0.15, 0.2) is 237 Å². The van der Waals surface area contributed by atoms with Gasteiger partial charge in [0.25, 0.3) is 0 Å². The number of rotatable bonds is 4. The third kappa shape index (κ3) is 5.40. The van der Waals surface area contributed by atoms with Gasteiger partial charge in [0, 0.05) is 16.2 Å². The summed E-state index contributed by atoms with van der Waals surface area (Å²) in [6, 6.07) is 88.0. The summed E-state index contributed by atoms with van der Waals surface area (Å²) in [6.45, 7) is 0. The van der Waals surface area contributed by atoms with Crippen LogP contribution in [-0.2, 0) is 0 Å². The van der Waals surface area contributed by atoms with Crippen molar-refractivity contribution in [1.29, 1.82) is 0 Å². The summed E-state index contributed by atoms with van der Waals surface area (Å²) < 4.78 is 2.52. The zero-order valence-corrected chi connectivity index (χ0v) is 35.5. The fourth-order valence-corrected chi connectivity index (χ4v) is 11.2. The molecule has 0 atom stereocenters. The lowest BCUT2D eigenvalue weighted by molar-refractivity contribution is 1.20. The second-order valence-electron chi connectivity index (χ2n) is 17.6. The molecule has 0 aliphatic carbocycles. The fraction of sp³-hybridized carbons (Fsp3) is 0. The van der Waals surface area contributed by atoms with Gasteiger partial charge in [0.2, 0.25) is 0 Å². The zero-order chi connectivity index (χ0) is 42.6. The summed E-state index contributed by atoms with van der Waals surface area (Å²) in [7, 11) is 0. The van der Waals surface area contributed by atoms with Gasteiger partial charge in [0.05, 0.1) is 16.7 Å². The van der Waals surface area contributed by atoms with Gasteiger partial charge in [-0.05, 0) is 146 Å². The van der Waals surface area contributed by atoms with E-state index in [0.717, 1.165) is 0 Å². The molecule has 0 saturated heterocycles. The summed E-state index contributed by atoms with van der Waals surface area (Å²) in [5, 5.41) is 20.1. The smallest absolute Gasteiger partial charge is 0.0548 e. The summed E-state index contributed by atoms with van der Waals surface area (Å²) in [5.74, 6) is 0. The van der Waals surface area contributed by atoms with Crippen molar-refractivity contribution in [2.45, 2.75) is 0 Å². The van der Waals surface area contributed by atoms with Crippen LogP contribution in [-0.4, -0.2) is 4.57 Å². The van der Waals surface area contributed by atoms with Gasteiger partial charge >= 0.3 is 0 Å². The molecule has 0 saturated carbocycles. The predicted octanol–water partition coefficient (Wildman–Crippen LogP) is 17.9. The SMILES string of the molecule is c1ccc(-c2c3ccccc3c(-c3cccc4c(-n5c6ccc7ccccc7c6c6c7ccccc7ccc65)cccc34)c3ccc(-c4ccc5cc6ccccc6cc5c4)cc23)cc1. The molecule has 0 radical (unpaired) electrons. The minimum Gasteiger partial charge on any atom is -0.309 e. The minimum atomic E-state index is 1.18. The molecule has 0 amide bonds. The van der Waals surface area contributed by atoms with Gasteiger partial charge in [0.1, 0.15) is 0 Å². The van der Waals surface area contributed by atoms with Gasteiger partial charge in [-0.3, -0.25) is 0 Å². The Morgan fingerprint density at radius 1 is 0.231 bits per heavy atom. The van der Waals surface area contributed by atoms with Gasteiger partial charge in [-0.1, -0.05) is 194 Å². The first-order valence-corrected chi connectivity index (χ1v) is 22.6. The van der Waals surface area contributed by atoms with Crippen molar-refractivity contribution in [1.82, 2.24) is 4.57 Å². The van der Waals surface area contributed by atoms with E-state index in [2.05, 4.69) is 241 Å². The largest absolute Gasteiger partial charge is 0.309 e. The molecular weight excluding hydrogens is 783 g/mol. The van der Waals surface area contributed by atoms with Gasteiger partial charge in [0.15, 0.2) is 0 Å². The third-order valence-corrected chi connectivity index (χ3v) is 14.1.